The monoisotopic (exact) mass is 292 g/mol. The fraction of sp³-hybridized carbons (Fsp3) is 1.00. The highest BCUT2D eigenvalue weighted by Crippen LogP contribution is 2.22. The van der Waals surface area contributed by atoms with Crippen LogP contribution in [0.4, 0.5) is 0 Å². The van der Waals surface area contributed by atoms with Gasteiger partial charge in [-0.3, -0.25) is 4.90 Å². The van der Waals surface area contributed by atoms with E-state index in [1.54, 1.807) is 11.8 Å². The lowest BCUT2D eigenvalue weighted by molar-refractivity contribution is 0.234. The summed E-state index contributed by atoms with van der Waals surface area (Å²) in [7, 11) is -2.94. The van der Waals surface area contributed by atoms with Gasteiger partial charge in [-0.15, -0.1) is 0 Å². The Labute approximate surface area is 115 Å². The molecule has 2 rings (SSSR count). The first-order valence-corrected chi connectivity index (χ1v) is 9.89. The van der Waals surface area contributed by atoms with Crippen LogP contribution >= 0.6 is 11.8 Å². The van der Waals surface area contributed by atoms with Crippen molar-refractivity contribution >= 4 is 21.6 Å². The third kappa shape index (κ3) is 4.11. The van der Waals surface area contributed by atoms with E-state index in [4.69, 9.17) is 0 Å². The van der Waals surface area contributed by atoms with Gasteiger partial charge >= 0.3 is 0 Å². The molecule has 2 saturated heterocycles. The van der Waals surface area contributed by atoms with Crippen molar-refractivity contribution in [2.45, 2.75) is 24.6 Å². The number of nitrogens with one attached hydrogen (secondary N) is 1. The quantitative estimate of drug-likeness (QED) is 0.830. The number of thioether (sulfide) groups is 1. The fourth-order valence-electron chi connectivity index (χ4n) is 2.78. The van der Waals surface area contributed by atoms with Crippen LogP contribution in [-0.2, 0) is 9.84 Å². The van der Waals surface area contributed by atoms with E-state index in [1.165, 1.54) is 19.1 Å². The molecule has 106 valence electrons. The molecule has 2 unspecified atom stereocenters. The second-order valence-corrected chi connectivity index (χ2v) is 8.75. The molecule has 0 aromatic heterocycles. The Morgan fingerprint density at radius 1 is 1.44 bits per heavy atom. The SMILES string of the molecule is CS(=O)(=O)C1CSCCN1CCC1CCCNC1. The van der Waals surface area contributed by atoms with Crippen LogP contribution in [0.2, 0.25) is 0 Å². The molecule has 0 spiro atoms. The number of hydrogen-bond acceptors (Lipinski definition) is 5. The summed E-state index contributed by atoms with van der Waals surface area (Å²) in [6, 6.07) is 0. The summed E-state index contributed by atoms with van der Waals surface area (Å²) in [5.41, 5.74) is 0. The zero-order chi connectivity index (χ0) is 13.0. The molecule has 0 aliphatic carbocycles. The average Bonchev–Trinajstić information content (AvgIpc) is 2.37. The van der Waals surface area contributed by atoms with Crippen LogP contribution in [0.5, 0.6) is 0 Å². The van der Waals surface area contributed by atoms with Crippen LogP contribution in [0, 0.1) is 5.92 Å². The Balaban J connectivity index is 1.85. The van der Waals surface area contributed by atoms with E-state index in [0.717, 1.165) is 50.0 Å². The number of rotatable bonds is 4. The third-order valence-corrected chi connectivity index (χ3v) is 6.60. The zero-order valence-electron chi connectivity index (χ0n) is 11.1. The van der Waals surface area contributed by atoms with Gasteiger partial charge < -0.3 is 5.32 Å². The summed E-state index contributed by atoms with van der Waals surface area (Å²) in [6.45, 7) is 4.10. The van der Waals surface area contributed by atoms with Crippen LogP contribution in [0.15, 0.2) is 0 Å². The second kappa shape index (κ2) is 6.59. The molecule has 1 N–H and O–H groups in total. The van der Waals surface area contributed by atoms with Crippen molar-refractivity contribution in [2.75, 3.05) is 43.9 Å². The van der Waals surface area contributed by atoms with Gasteiger partial charge in [-0.1, -0.05) is 0 Å². The molecule has 0 bridgehead atoms. The van der Waals surface area contributed by atoms with Crippen LogP contribution in [0.1, 0.15) is 19.3 Å². The fourth-order valence-corrected chi connectivity index (χ4v) is 5.76. The lowest BCUT2D eigenvalue weighted by Gasteiger charge is -2.35. The largest absolute Gasteiger partial charge is 0.316 e. The minimum absolute atomic E-state index is 0.257. The minimum Gasteiger partial charge on any atom is -0.316 e. The van der Waals surface area contributed by atoms with Crippen LogP contribution < -0.4 is 5.32 Å². The molecule has 6 heteroatoms. The van der Waals surface area contributed by atoms with Gasteiger partial charge in [0.15, 0.2) is 9.84 Å². The Kier molecular flexibility index (Phi) is 5.35. The molecular formula is C12H24N2O2S2. The molecule has 0 amide bonds. The summed E-state index contributed by atoms with van der Waals surface area (Å²) >= 11 is 1.76. The lowest BCUT2D eigenvalue weighted by atomic mass is 9.96. The Bertz CT molecular complexity index is 353. The molecule has 2 aliphatic heterocycles. The van der Waals surface area contributed by atoms with E-state index < -0.39 is 9.84 Å². The number of hydrogen-bond donors (Lipinski definition) is 1. The second-order valence-electron chi connectivity index (χ2n) is 5.40. The van der Waals surface area contributed by atoms with Gasteiger partial charge in [0.2, 0.25) is 0 Å². The molecule has 0 saturated carbocycles. The van der Waals surface area contributed by atoms with Crippen LogP contribution in [-0.4, -0.2) is 62.6 Å². The van der Waals surface area contributed by atoms with E-state index in [1.807, 2.05) is 0 Å². The lowest BCUT2D eigenvalue weighted by Crippen LogP contribution is -2.47. The topological polar surface area (TPSA) is 49.4 Å². The Morgan fingerprint density at radius 2 is 2.28 bits per heavy atom. The van der Waals surface area contributed by atoms with Crippen molar-refractivity contribution in [1.29, 1.82) is 0 Å². The third-order valence-electron chi connectivity index (χ3n) is 3.91. The summed E-state index contributed by atoms with van der Waals surface area (Å²) < 4.78 is 23.6. The molecular weight excluding hydrogens is 268 g/mol. The molecule has 0 aromatic carbocycles. The van der Waals surface area contributed by atoms with E-state index in [0.29, 0.717) is 0 Å². The van der Waals surface area contributed by atoms with Crippen LogP contribution in [0.3, 0.4) is 0 Å². The van der Waals surface area contributed by atoms with Crippen molar-refractivity contribution in [3.8, 4) is 0 Å². The first kappa shape index (κ1) is 14.6. The van der Waals surface area contributed by atoms with Gasteiger partial charge in [-0.25, -0.2) is 8.42 Å². The molecule has 0 radical (unpaired) electrons. The molecule has 2 aliphatic rings. The predicted octanol–water partition coefficient (Wildman–Crippen LogP) is 0.796. The first-order valence-electron chi connectivity index (χ1n) is 6.79. The van der Waals surface area contributed by atoms with Crippen molar-refractivity contribution in [1.82, 2.24) is 10.2 Å². The van der Waals surface area contributed by atoms with E-state index >= 15 is 0 Å². The maximum absolute atomic E-state index is 11.8. The van der Waals surface area contributed by atoms with E-state index in [-0.39, 0.29) is 5.37 Å². The highest BCUT2D eigenvalue weighted by molar-refractivity contribution is 8.00. The summed E-state index contributed by atoms with van der Waals surface area (Å²) in [5.74, 6) is 2.53. The molecule has 2 atom stereocenters. The average molecular weight is 292 g/mol. The van der Waals surface area contributed by atoms with Gasteiger partial charge in [0.25, 0.3) is 0 Å². The maximum Gasteiger partial charge on any atom is 0.164 e. The summed E-state index contributed by atoms with van der Waals surface area (Å²) in [6.07, 6.45) is 5.05. The van der Waals surface area contributed by atoms with E-state index in [2.05, 4.69) is 10.2 Å². The predicted molar refractivity (Wildman–Crippen MR) is 77.7 cm³/mol. The van der Waals surface area contributed by atoms with Gasteiger partial charge in [0.1, 0.15) is 5.37 Å². The van der Waals surface area contributed by atoms with Crippen molar-refractivity contribution in [3.63, 3.8) is 0 Å². The molecule has 2 fully saturated rings. The van der Waals surface area contributed by atoms with Crippen molar-refractivity contribution in [2.24, 2.45) is 5.92 Å². The summed E-state index contributed by atoms with van der Waals surface area (Å²) in [4.78, 5) is 2.18. The van der Waals surface area contributed by atoms with Gasteiger partial charge in [0.05, 0.1) is 0 Å². The van der Waals surface area contributed by atoms with Crippen LogP contribution in [0.25, 0.3) is 0 Å². The van der Waals surface area contributed by atoms with Crippen molar-refractivity contribution < 1.29 is 8.42 Å². The molecule has 0 aromatic rings. The number of sulfone groups is 1. The number of nitrogens with zero attached hydrogens (tertiary/aromatic N) is 1. The normalized spacial score (nSPS) is 31.4. The molecule has 18 heavy (non-hydrogen) atoms. The first-order chi connectivity index (χ1) is 8.57. The number of piperidine rings is 1. The Morgan fingerprint density at radius 3 is 2.94 bits per heavy atom. The van der Waals surface area contributed by atoms with Gasteiger partial charge in [-0.05, 0) is 44.8 Å². The highest BCUT2D eigenvalue weighted by Gasteiger charge is 2.31. The van der Waals surface area contributed by atoms with Gasteiger partial charge in [-0.2, -0.15) is 11.8 Å². The van der Waals surface area contributed by atoms with Crippen molar-refractivity contribution in [3.05, 3.63) is 0 Å². The maximum atomic E-state index is 11.8. The highest BCUT2D eigenvalue weighted by atomic mass is 32.2. The zero-order valence-corrected chi connectivity index (χ0v) is 12.7. The smallest absolute Gasteiger partial charge is 0.164 e. The Hall–Kier alpha value is 0.220. The van der Waals surface area contributed by atoms with E-state index in [9.17, 15) is 8.42 Å². The van der Waals surface area contributed by atoms with Gasteiger partial charge in [0, 0.05) is 24.3 Å². The molecule has 2 heterocycles. The molecule has 4 nitrogen and oxygen atoms in total. The standard InChI is InChI=1S/C12H24N2O2S2/c1-18(15,16)12-10-17-8-7-14(12)6-4-11-3-2-5-13-9-11/h11-13H,2-10H2,1H3. The summed E-state index contributed by atoms with van der Waals surface area (Å²) in [5, 5.41) is 3.17. The minimum atomic E-state index is -2.94.